The van der Waals surface area contributed by atoms with Gasteiger partial charge in [0, 0.05) is 0 Å². The molecule has 2 heterocycles. The fourth-order valence-corrected chi connectivity index (χ4v) is 2.16. The summed E-state index contributed by atoms with van der Waals surface area (Å²) in [6.45, 7) is 1.84. The van der Waals surface area contributed by atoms with Crippen LogP contribution in [-0.2, 0) is 14.9 Å². The number of carbonyl (C=O) groups is 1. The number of aliphatic imine (C=N–C) groups is 3. The van der Waals surface area contributed by atoms with Crippen molar-refractivity contribution in [2.75, 3.05) is 0 Å². The predicted molar refractivity (Wildman–Crippen MR) is 84.5 cm³/mol. The number of nitrogens with two attached hydrogens (primary N) is 2. The molecule has 0 aliphatic carbocycles. The van der Waals surface area contributed by atoms with Crippen molar-refractivity contribution < 1.29 is 22.9 Å². The lowest BCUT2D eigenvalue weighted by atomic mass is 10.2. The fourth-order valence-electron chi connectivity index (χ4n) is 1.68. The van der Waals surface area contributed by atoms with Gasteiger partial charge in [0.25, 0.3) is 16.0 Å². The fraction of sp³-hybridized carbons (Fsp3) is 0.167. The zero-order valence-electron chi connectivity index (χ0n) is 12.4. The number of rotatable bonds is 1. The van der Waals surface area contributed by atoms with Gasteiger partial charge in [0.1, 0.15) is 6.34 Å². The third-order valence-corrected chi connectivity index (χ3v) is 3.81. The van der Waals surface area contributed by atoms with E-state index in [9.17, 15) is 18.3 Å². The van der Waals surface area contributed by atoms with E-state index in [0.29, 0.717) is 5.01 Å². The number of hydrogen-bond acceptors (Lipinski definition) is 9. The number of amides is 1. The smallest absolute Gasteiger partial charge is 0.315 e. The van der Waals surface area contributed by atoms with Crippen molar-refractivity contribution in [2.24, 2.45) is 26.6 Å². The molecule has 6 N–H and O–H groups in total. The molecule has 12 heteroatoms. The van der Waals surface area contributed by atoms with Gasteiger partial charge in [-0.25, -0.2) is 20.8 Å². The van der Waals surface area contributed by atoms with Gasteiger partial charge in [-0.2, -0.15) is 13.4 Å². The first kappa shape index (κ1) is 17.8. The zero-order chi connectivity index (χ0) is 18.1. The number of amidine groups is 1. The topological polar surface area (TPSA) is 184 Å². The summed E-state index contributed by atoms with van der Waals surface area (Å²) in [4.78, 5) is 22.0. The normalized spacial score (nSPS) is 22.4. The van der Waals surface area contributed by atoms with E-state index in [4.69, 9.17) is 16.1 Å². The van der Waals surface area contributed by atoms with Crippen molar-refractivity contribution in [3.8, 4) is 0 Å². The zero-order valence-corrected chi connectivity index (χ0v) is 13.2. The van der Waals surface area contributed by atoms with Crippen molar-refractivity contribution in [3.63, 3.8) is 0 Å². The van der Waals surface area contributed by atoms with Crippen LogP contribution in [0, 0.1) is 6.92 Å². The van der Waals surface area contributed by atoms with Crippen LogP contribution in [0.1, 0.15) is 5.56 Å². The van der Waals surface area contributed by atoms with Crippen molar-refractivity contribution in [1.29, 1.82) is 0 Å². The van der Waals surface area contributed by atoms with E-state index in [1.54, 1.807) is 12.1 Å². The SMILES string of the molecule is Cc1ccc(S(=O)(=O)O)cc1.NN1C(=O)C2=NC=NC2=NC1(N)O. The molecule has 1 unspecified atom stereocenters. The van der Waals surface area contributed by atoms with Crippen LogP contribution in [0.4, 0.5) is 0 Å². The molecule has 1 atom stereocenters. The second-order valence-corrected chi connectivity index (χ2v) is 6.23. The van der Waals surface area contributed by atoms with Crippen LogP contribution in [0.15, 0.2) is 44.1 Å². The molecule has 2 aliphatic rings. The number of benzene rings is 1. The maximum absolute atomic E-state index is 11.3. The van der Waals surface area contributed by atoms with Crippen LogP contribution in [0.3, 0.4) is 0 Å². The minimum Gasteiger partial charge on any atom is -0.339 e. The summed E-state index contributed by atoms with van der Waals surface area (Å²) >= 11 is 0. The molecule has 11 nitrogen and oxygen atoms in total. The standard InChI is InChI=1S/C7H8O3S.C5H6N6O2/c1-6-2-4-7(5-3-6)11(8,9)10;6-5(13)10-3-2(8-1-9-3)4(12)11(5)7/h2-5H,1H3,(H,8,9,10);1,13H,6-7H2. The number of fused-ring (bicyclic) bond motifs is 1. The maximum Gasteiger partial charge on any atom is 0.315 e. The van der Waals surface area contributed by atoms with E-state index in [1.807, 2.05) is 6.92 Å². The highest BCUT2D eigenvalue weighted by Crippen LogP contribution is 2.13. The number of nitrogens with zero attached hydrogens (tertiary/aromatic N) is 4. The molecular weight excluding hydrogens is 340 g/mol. The number of hydrogen-bond donors (Lipinski definition) is 4. The van der Waals surface area contributed by atoms with Crippen LogP contribution in [0.25, 0.3) is 0 Å². The summed E-state index contributed by atoms with van der Waals surface area (Å²) < 4.78 is 29.6. The average Bonchev–Trinajstić information content (AvgIpc) is 2.92. The van der Waals surface area contributed by atoms with Crippen LogP contribution in [0.5, 0.6) is 0 Å². The van der Waals surface area contributed by atoms with Gasteiger partial charge < -0.3 is 5.11 Å². The highest BCUT2D eigenvalue weighted by atomic mass is 32.2. The lowest BCUT2D eigenvalue weighted by molar-refractivity contribution is -0.151. The summed E-state index contributed by atoms with van der Waals surface area (Å²) in [5.74, 6) is 2.22. The third-order valence-electron chi connectivity index (χ3n) is 2.94. The second-order valence-electron chi connectivity index (χ2n) is 4.81. The minimum atomic E-state index is -4.02. The number of carbonyl (C=O) groups excluding carboxylic acids is 1. The Morgan fingerprint density at radius 3 is 2.38 bits per heavy atom. The largest absolute Gasteiger partial charge is 0.339 e. The number of aryl methyl sites for hydroxylation is 1. The third kappa shape index (κ3) is 3.69. The van der Waals surface area contributed by atoms with Crippen molar-refractivity contribution >= 4 is 33.9 Å². The molecule has 0 radical (unpaired) electrons. The summed E-state index contributed by atoms with van der Waals surface area (Å²) in [7, 11) is -4.02. The van der Waals surface area contributed by atoms with Crippen LogP contribution in [-0.4, -0.2) is 52.9 Å². The van der Waals surface area contributed by atoms with Crippen LogP contribution >= 0.6 is 0 Å². The monoisotopic (exact) mass is 354 g/mol. The van der Waals surface area contributed by atoms with Crippen molar-refractivity contribution in [1.82, 2.24) is 5.01 Å². The van der Waals surface area contributed by atoms with Gasteiger partial charge in [0.2, 0.25) is 0 Å². The molecule has 0 fully saturated rings. The van der Waals surface area contributed by atoms with Gasteiger partial charge in [-0.15, -0.1) is 0 Å². The Morgan fingerprint density at radius 1 is 1.25 bits per heavy atom. The summed E-state index contributed by atoms with van der Waals surface area (Å²) in [6.07, 6.45) is 1.14. The van der Waals surface area contributed by atoms with E-state index < -0.39 is 22.0 Å². The predicted octanol–water partition coefficient (Wildman–Crippen LogP) is -1.61. The summed E-state index contributed by atoms with van der Waals surface area (Å²) in [5, 5.41) is 9.69. The number of hydrazine groups is 1. The molecule has 0 bridgehead atoms. The van der Waals surface area contributed by atoms with E-state index in [0.717, 1.165) is 11.9 Å². The van der Waals surface area contributed by atoms with E-state index >= 15 is 0 Å². The highest BCUT2D eigenvalue weighted by molar-refractivity contribution is 7.85. The Kier molecular flexibility index (Phi) is 4.59. The van der Waals surface area contributed by atoms with Crippen molar-refractivity contribution in [2.45, 2.75) is 17.8 Å². The summed E-state index contributed by atoms with van der Waals surface area (Å²) in [5.41, 5.74) is 6.13. The molecule has 1 aromatic rings. The average molecular weight is 354 g/mol. The van der Waals surface area contributed by atoms with Gasteiger partial charge in [0.05, 0.1) is 4.90 Å². The van der Waals surface area contributed by atoms with Gasteiger partial charge in [-0.1, -0.05) is 17.7 Å². The molecule has 24 heavy (non-hydrogen) atoms. The first-order chi connectivity index (χ1) is 11.0. The second kappa shape index (κ2) is 6.18. The first-order valence-corrected chi connectivity index (χ1v) is 7.81. The molecule has 1 aromatic carbocycles. The van der Waals surface area contributed by atoms with Gasteiger partial charge in [-0.05, 0) is 19.1 Å². The van der Waals surface area contributed by atoms with E-state index in [2.05, 4.69) is 15.0 Å². The Bertz CT molecular complexity index is 856. The molecule has 0 aromatic heterocycles. The quantitative estimate of drug-likeness (QED) is 0.202. The maximum atomic E-state index is 11.3. The molecule has 0 spiro atoms. The highest BCUT2D eigenvalue weighted by Gasteiger charge is 2.42. The van der Waals surface area contributed by atoms with Gasteiger partial charge in [0.15, 0.2) is 11.5 Å². The Balaban J connectivity index is 0.000000177. The van der Waals surface area contributed by atoms with E-state index in [1.165, 1.54) is 12.1 Å². The molecule has 128 valence electrons. The lowest BCUT2D eigenvalue weighted by Crippen LogP contribution is -2.65. The van der Waals surface area contributed by atoms with Crippen LogP contribution < -0.4 is 11.6 Å². The van der Waals surface area contributed by atoms with E-state index in [-0.39, 0.29) is 16.4 Å². The molecule has 3 rings (SSSR count). The first-order valence-electron chi connectivity index (χ1n) is 6.37. The lowest BCUT2D eigenvalue weighted by Gasteiger charge is -2.31. The number of aliphatic hydroxyl groups is 1. The Labute approximate surface area is 136 Å². The van der Waals surface area contributed by atoms with Gasteiger partial charge in [-0.3, -0.25) is 15.1 Å². The van der Waals surface area contributed by atoms with Crippen LogP contribution in [0.2, 0.25) is 0 Å². The molecule has 1 amide bonds. The Morgan fingerprint density at radius 2 is 1.83 bits per heavy atom. The molecule has 0 saturated carbocycles. The van der Waals surface area contributed by atoms with Crippen molar-refractivity contribution in [3.05, 3.63) is 29.8 Å². The summed E-state index contributed by atoms with van der Waals surface area (Å²) in [6, 6.07) is 5.99. The molecule has 0 saturated heterocycles. The minimum absolute atomic E-state index is 0.00306. The Hall–Kier alpha value is -2.51. The molecular formula is C12H14N6O5S. The van der Waals surface area contributed by atoms with Gasteiger partial charge >= 0.3 is 5.97 Å². The molecule has 2 aliphatic heterocycles.